The van der Waals surface area contributed by atoms with Crippen LogP contribution in [0.2, 0.25) is 0 Å². The van der Waals surface area contributed by atoms with Crippen LogP contribution < -0.4 is 0 Å². The van der Waals surface area contributed by atoms with E-state index in [0.29, 0.717) is 12.3 Å². The lowest BCUT2D eigenvalue weighted by Crippen LogP contribution is -2.39. The van der Waals surface area contributed by atoms with Crippen LogP contribution in [0.3, 0.4) is 0 Å². The molecule has 0 aromatic heterocycles. The van der Waals surface area contributed by atoms with E-state index in [1.807, 2.05) is 20.8 Å². The van der Waals surface area contributed by atoms with Gasteiger partial charge in [0.2, 0.25) is 5.91 Å². The predicted octanol–water partition coefficient (Wildman–Crippen LogP) is 4.31. The Kier molecular flexibility index (Phi) is 4.54. The van der Waals surface area contributed by atoms with Gasteiger partial charge in [-0.25, -0.2) is 0 Å². The minimum atomic E-state index is -4.37. The first-order valence-electron chi connectivity index (χ1n) is 7.57. The molecular formula is C17H22F3NO. The SMILES string of the molecule is CC(C)[C@H](C)N(C)C(=O)[C@H]1C[C@@H]1c1ccccc1C(F)(F)F. The lowest BCUT2D eigenvalue weighted by Gasteiger charge is -2.28. The van der Waals surface area contributed by atoms with Gasteiger partial charge < -0.3 is 4.90 Å². The van der Waals surface area contributed by atoms with E-state index in [1.165, 1.54) is 12.1 Å². The fourth-order valence-electron chi connectivity index (χ4n) is 2.80. The zero-order chi connectivity index (χ0) is 16.7. The maximum atomic E-state index is 13.1. The van der Waals surface area contributed by atoms with Gasteiger partial charge in [0, 0.05) is 19.0 Å². The van der Waals surface area contributed by atoms with Crippen molar-refractivity contribution in [3.05, 3.63) is 35.4 Å². The number of benzene rings is 1. The Bertz CT molecular complexity index is 553. The van der Waals surface area contributed by atoms with E-state index in [4.69, 9.17) is 0 Å². The molecule has 1 aromatic carbocycles. The Morgan fingerprint density at radius 3 is 2.36 bits per heavy atom. The van der Waals surface area contributed by atoms with E-state index in [2.05, 4.69) is 0 Å². The molecule has 1 aromatic rings. The maximum Gasteiger partial charge on any atom is 0.416 e. The third-order valence-corrected chi connectivity index (χ3v) is 4.70. The van der Waals surface area contributed by atoms with Gasteiger partial charge >= 0.3 is 6.18 Å². The van der Waals surface area contributed by atoms with Crippen molar-refractivity contribution in [2.45, 2.75) is 45.3 Å². The second-order valence-electron chi connectivity index (χ2n) is 6.47. The summed E-state index contributed by atoms with van der Waals surface area (Å²) in [5.74, 6) is -0.376. The largest absolute Gasteiger partial charge is 0.416 e. The zero-order valence-electron chi connectivity index (χ0n) is 13.3. The Hall–Kier alpha value is -1.52. The molecule has 0 bridgehead atoms. The third-order valence-electron chi connectivity index (χ3n) is 4.70. The molecule has 0 unspecified atom stereocenters. The summed E-state index contributed by atoms with van der Waals surface area (Å²) in [7, 11) is 1.73. The third kappa shape index (κ3) is 3.28. The van der Waals surface area contributed by atoms with E-state index in [0.717, 1.165) is 6.07 Å². The van der Waals surface area contributed by atoms with E-state index < -0.39 is 11.7 Å². The molecule has 0 spiro atoms. The number of carbonyl (C=O) groups is 1. The van der Waals surface area contributed by atoms with Crippen LogP contribution >= 0.6 is 0 Å². The molecule has 0 saturated heterocycles. The van der Waals surface area contributed by atoms with E-state index >= 15 is 0 Å². The number of hydrogen-bond acceptors (Lipinski definition) is 1. The fraction of sp³-hybridized carbons (Fsp3) is 0.588. The molecular weight excluding hydrogens is 291 g/mol. The summed E-state index contributed by atoms with van der Waals surface area (Å²) in [5, 5.41) is 0. The van der Waals surface area contributed by atoms with Gasteiger partial charge in [-0.05, 0) is 36.8 Å². The first-order chi connectivity index (χ1) is 10.1. The van der Waals surface area contributed by atoms with Crippen LogP contribution in [-0.2, 0) is 11.0 Å². The van der Waals surface area contributed by atoms with Crippen LogP contribution in [0.1, 0.15) is 44.2 Å². The monoisotopic (exact) mass is 313 g/mol. The van der Waals surface area contributed by atoms with Gasteiger partial charge in [0.15, 0.2) is 0 Å². The van der Waals surface area contributed by atoms with Crippen LogP contribution in [0.15, 0.2) is 24.3 Å². The van der Waals surface area contributed by atoms with Crippen molar-refractivity contribution in [1.29, 1.82) is 0 Å². The van der Waals surface area contributed by atoms with Crippen LogP contribution in [0, 0.1) is 11.8 Å². The average Bonchev–Trinajstić information content (AvgIpc) is 3.24. The van der Waals surface area contributed by atoms with Crippen LogP contribution in [0.4, 0.5) is 13.2 Å². The van der Waals surface area contributed by atoms with Crippen LogP contribution in [-0.4, -0.2) is 23.9 Å². The zero-order valence-corrected chi connectivity index (χ0v) is 13.3. The Morgan fingerprint density at radius 2 is 1.82 bits per heavy atom. The molecule has 3 atom stereocenters. The summed E-state index contributed by atoms with van der Waals surface area (Å²) in [6.45, 7) is 6.01. The van der Waals surface area contributed by atoms with Crippen LogP contribution in [0.25, 0.3) is 0 Å². The summed E-state index contributed by atoms with van der Waals surface area (Å²) in [5.41, 5.74) is -0.367. The Labute approximate surface area is 129 Å². The second-order valence-corrected chi connectivity index (χ2v) is 6.47. The summed E-state index contributed by atoms with van der Waals surface area (Å²) in [4.78, 5) is 14.1. The number of hydrogen-bond donors (Lipinski definition) is 0. The molecule has 1 amide bonds. The molecule has 1 aliphatic rings. The number of carbonyl (C=O) groups excluding carboxylic acids is 1. The molecule has 2 nitrogen and oxygen atoms in total. The van der Waals surface area contributed by atoms with Gasteiger partial charge in [0.05, 0.1) is 5.56 Å². The Morgan fingerprint density at radius 1 is 1.23 bits per heavy atom. The van der Waals surface area contributed by atoms with Crippen molar-refractivity contribution in [3.8, 4) is 0 Å². The van der Waals surface area contributed by atoms with Gasteiger partial charge in [-0.15, -0.1) is 0 Å². The quantitative estimate of drug-likeness (QED) is 0.811. The molecule has 0 radical (unpaired) electrons. The number of halogens is 3. The average molecular weight is 313 g/mol. The summed E-state index contributed by atoms with van der Waals surface area (Å²) in [6, 6.07) is 5.65. The smallest absolute Gasteiger partial charge is 0.343 e. The van der Waals surface area contributed by atoms with Gasteiger partial charge in [0.25, 0.3) is 0 Å². The normalized spacial score (nSPS) is 22.5. The molecule has 0 N–H and O–H groups in total. The first kappa shape index (κ1) is 16.8. The van der Waals surface area contributed by atoms with Gasteiger partial charge in [-0.2, -0.15) is 13.2 Å². The van der Waals surface area contributed by atoms with E-state index in [1.54, 1.807) is 18.0 Å². The molecule has 122 valence electrons. The Balaban J connectivity index is 2.15. The molecule has 0 heterocycles. The number of amides is 1. The molecule has 0 aliphatic heterocycles. The lowest BCUT2D eigenvalue weighted by molar-refractivity contribution is -0.139. The van der Waals surface area contributed by atoms with Gasteiger partial charge in [-0.1, -0.05) is 32.0 Å². The van der Waals surface area contributed by atoms with Crippen molar-refractivity contribution < 1.29 is 18.0 Å². The van der Waals surface area contributed by atoms with Crippen molar-refractivity contribution in [2.75, 3.05) is 7.05 Å². The molecule has 1 saturated carbocycles. The fourth-order valence-corrected chi connectivity index (χ4v) is 2.80. The number of rotatable bonds is 4. The molecule has 1 fully saturated rings. The minimum absolute atomic E-state index is 0.0526. The van der Waals surface area contributed by atoms with E-state index in [9.17, 15) is 18.0 Å². The highest BCUT2D eigenvalue weighted by Crippen LogP contribution is 2.51. The highest BCUT2D eigenvalue weighted by Gasteiger charge is 2.49. The topological polar surface area (TPSA) is 20.3 Å². The first-order valence-corrected chi connectivity index (χ1v) is 7.57. The van der Waals surface area contributed by atoms with E-state index in [-0.39, 0.29) is 29.3 Å². The van der Waals surface area contributed by atoms with Crippen LogP contribution in [0.5, 0.6) is 0 Å². The highest BCUT2D eigenvalue weighted by molar-refractivity contribution is 5.83. The lowest BCUT2D eigenvalue weighted by atomic mass is 10.0. The van der Waals surface area contributed by atoms with Crippen molar-refractivity contribution in [2.24, 2.45) is 11.8 Å². The van der Waals surface area contributed by atoms with Gasteiger partial charge in [0.1, 0.15) is 0 Å². The maximum absolute atomic E-state index is 13.1. The number of alkyl halides is 3. The van der Waals surface area contributed by atoms with Gasteiger partial charge in [-0.3, -0.25) is 4.79 Å². The van der Waals surface area contributed by atoms with Crippen molar-refractivity contribution in [1.82, 2.24) is 4.90 Å². The minimum Gasteiger partial charge on any atom is -0.343 e. The standard InChI is InChI=1S/C17H22F3NO/c1-10(2)11(3)21(4)16(22)14-9-13(14)12-7-5-6-8-15(12)17(18,19)20/h5-8,10-11,13-14H,9H2,1-4H3/t11-,13+,14-/m0/s1. The second kappa shape index (κ2) is 5.94. The molecule has 22 heavy (non-hydrogen) atoms. The predicted molar refractivity (Wildman–Crippen MR) is 79.4 cm³/mol. The molecule has 1 aliphatic carbocycles. The molecule has 5 heteroatoms. The molecule has 2 rings (SSSR count). The number of nitrogens with zero attached hydrogens (tertiary/aromatic N) is 1. The summed E-state index contributed by atoms with van der Waals surface area (Å²) in [6.07, 6.45) is -3.87. The van der Waals surface area contributed by atoms with Crippen molar-refractivity contribution >= 4 is 5.91 Å². The summed E-state index contributed by atoms with van der Waals surface area (Å²) >= 11 is 0. The van der Waals surface area contributed by atoms with Crippen molar-refractivity contribution in [3.63, 3.8) is 0 Å². The summed E-state index contributed by atoms with van der Waals surface area (Å²) < 4.78 is 39.2. The highest BCUT2D eigenvalue weighted by atomic mass is 19.4.